The molecular weight excluding hydrogens is 520 g/mol. The van der Waals surface area contributed by atoms with Crippen molar-refractivity contribution in [3.63, 3.8) is 0 Å². The van der Waals surface area contributed by atoms with Crippen molar-refractivity contribution in [3.8, 4) is 34.5 Å². The second-order valence-corrected chi connectivity index (χ2v) is 9.40. The van der Waals surface area contributed by atoms with Gasteiger partial charge in [0.2, 0.25) is 11.5 Å². The number of rotatable bonds is 12. The van der Waals surface area contributed by atoms with E-state index in [1.807, 2.05) is 0 Å². The van der Waals surface area contributed by atoms with E-state index in [0.29, 0.717) is 70.8 Å². The Kier molecular flexibility index (Phi) is 11.2. The van der Waals surface area contributed by atoms with E-state index in [1.54, 1.807) is 24.3 Å². The highest BCUT2D eigenvalue weighted by Crippen LogP contribution is 2.41. The Morgan fingerprint density at radius 1 is 0.625 bits per heavy atom. The summed E-state index contributed by atoms with van der Waals surface area (Å²) in [5, 5.41) is 11.6. The van der Waals surface area contributed by atoms with E-state index >= 15 is 0 Å². The van der Waals surface area contributed by atoms with Crippen molar-refractivity contribution >= 4 is 23.4 Å². The number of benzene rings is 2. The topological polar surface area (TPSA) is 138 Å². The summed E-state index contributed by atoms with van der Waals surface area (Å²) in [5.74, 6) is 3.34. The average molecular weight is 561 g/mol. The molecule has 1 saturated carbocycles. The molecule has 2 atom stereocenters. The fourth-order valence-electron chi connectivity index (χ4n) is 4.90. The van der Waals surface area contributed by atoms with Crippen LogP contribution in [0.5, 0.6) is 34.5 Å². The summed E-state index contributed by atoms with van der Waals surface area (Å²) in [6.07, 6.45) is 3.95. The number of anilines is 2. The number of hydrogen-bond acceptors (Lipinski definition) is 8. The van der Waals surface area contributed by atoms with Gasteiger partial charge in [0.1, 0.15) is 0 Å². The maximum absolute atomic E-state index is 12.6. The van der Waals surface area contributed by atoms with E-state index in [-0.39, 0.29) is 12.1 Å². The van der Waals surface area contributed by atoms with E-state index in [4.69, 9.17) is 28.4 Å². The fraction of sp³-hybridized carbons (Fsp3) is 0.500. The van der Waals surface area contributed by atoms with Crippen molar-refractivity contribution < 1.29 is 38.0 Å². The van der Waals surface area contributed by atoms with Crippen molar-refractivity contribution in [3.05, 3.63) is 24.3 Å². The maximum Gasteiger partial charge on any atom is 0.319 e. The molecule has 2 aromatic rings. The van der Waals surface area contributed by atoms with Gasteiger partial charge in [0.15, 0.2) is 23.0 Å². The Balaban J connectivity index is 1.47. The third-order valence-electron chi connectivity index (χ3n) is 6.84. The lowest BCUT2D eigenvalue weighted by atomic mass is 9.81. The molecule has 12 heteroatoms. The Morgan fingerprint density at radius 3 is 1.27 bits per heavy atom. The largest absolute Gasteiger partial charge is 0.493 e. The van der Waals surface area contributed by atoms with Crippen LogP contribution in [0.15, 0.2) is 24.3 Å². The van der Waals surface area contributed by atoms with Crippen molar-refractivity contribution in [1.29, 1.82) is 0 Å². The SMILES string of the molecule is COc1cc(NC(=O)NC[C@H]2CCC[C@@H](CNC(=O)Nc3cc(OC)c(OC)c(OC)c3)C2)cc(OC)c1OC. The molecule has 1 aliphatic carbocycles. The standard InChI is InChI=1S/C28H40N4O8/c1-35-21-11-19(12-22(36-2)25(21)39-5)31-27(33)29-15-17-8-7-9-18(10-17)16-30-28(34)32-20-13-23(37-3)26(40-6)24(14-20)38-4/h11-14,17-18H,7-10,15-16H2,1-6H3,(H2,29,31,33)(H2,30,32,34)/t17-,18+. The van der Waals surface area contributed by atoms with Gasteiger partial charge in [-0.3, -0.25) is 0 Å². The first kappa shape index (κ1) is 30.3. The van der Waals surface area contributed by atoms with Crippen LogP contribution in [0.3, 0.4) is 0 Å². The van der Waals surface area contributed by atoms with Crippen LogP contribution in [0.2, 0.25) is 0 Å². The van der Waals surface area contributed by atoms with Gasteiger partial charge in [0.05, 0.1) is 54.0 Å². The monoisotopic (exact) mass is 560 g/mol. The number of ether oxygens (including phenoxy) is 6. The van der Waals surface area contributed by atoms with Gasteiger partial charge in [-0.2, -0.15) is 0 Å². The van der Waals surface area contributed by atoms with Crippen molar-refractivity contribution in [1.82, 2.24) is 10.6 Å². The van der Waals surface area contributed by atoms with Gasteiger partial charge in [-0.15, -0.1) is 0 Å². The van der Waals surface area contributed by atoms with E-state index in [0.717, 1.165) is 25.7 Å². The molecular formula is C28H40N4O8. The van der Waals surface area contributed by atoms with E-state index < -0.39 is 0 Å². The highest BCUT2D eigenvalue weighted by molar-refractivity contribution is 5.91. The molecule has 0 unspecified atom stereocenters. The number of carbonyl (C=O) groups is 2. The van der Waals surface area contributed by atoms with Crippen molar-refractivity contribution in [2.45, 2.75) is 25.7 Å². The summed E-state index contributed by atoms with van der Waals surface area (Å²) in [6.45, 7) is 1.06. The zero-order valence-corrected chi connectivity index (χ0v) is 24.0. The summed E-state index contributed by atoms with van der Waals surface area (Å²) in [4.78, 5) is 25.2. The van der Waals surface area contributed by atoms with Crippen LogP contribution in [0.1, 0.15) is 25.7 Å². The number of nitrogens with one attached hydrogen (secondary N) is 4. The van der Waals surface area contributed by atoms with E-state index in [2.05, 4.69) is 21.3 Å². The number of hydrogen-bond donors (Lipinski definition) is 4. The van der Waals surface area contributed by atoms with Crippen LogP contribution in [0.25, 0.3) is 0 Å². The number of amides is 4. The van der Waals surface area contributed by atoms with E-state index in [1.165, 1.54) is 42.7 Å². The molecule has 0 bridgehead atoms. The van der Waals surface area contributed by atoms with Crippen LogP contribution >= 0.6 is 0 Å². The van der Waals surface area contributed by atoms with Gasteiger partial charge >= 0.3 is 12.1 Å². The molecule has 0 saturated heterocycles. The molecule has 1 aliphatic rings. The molecule has 2 aromatic carbocycles. The quantitative estimate of drug-likeness (QED) is 0.298. The molecule has 220 valence electrons. The van der Waals surface area contributed by atoms with Gasteiger partial charge in [-0.25, -0.2) is 9.59 Å². The van der Waals surface area contributed by atoms with Gasteiger partial charge in [0.25, 0.3) is 0 Å². The molecule has 0 radical (unpaired) electrons. The third kappa shape index (κ3) is 7.90. The van der Waals surface area contributed by atoms with Crippen molar-refractivity contribution in [2.75, 3.05) is 66.4 Å². The molecule has 4 amide bonds. The lowest BCUT2D eigenvalue weighted by Gasteiger charge is -2.29. The number of carbonyl (C=O) groups excluding carboxylic acids is 2. The zero-order chi connectivity index (χ0) is 29.1. The molecule has 0 aromatic heterocycles. The first-order valence-corrected chi connectivity index (χ1v) is 13.0. The molecule has 0 spiro atoms. The van der Waals surface area contributed by atoms with Crippen LogP contribution in [-0.4, -0.2) is 67.8 Å². The molecule has 40 heavy (non-hydrogen) atoms. The zero-order valence-electron chi connectivity index (χ0n) is 24.0. The highest BCUT2D eigenvalue weighted by Gasteiger charge is 2.23. The van der Waals surface area contributed by atoms with Crippen molar-refractivity contribution in [2.24, 2.45) is 11.8 Å². The van der Waals surface area contributed by atoms with Crippen LogP contribution in [0, 0.1) is 11.8 Å². The van der Waals surface area contributed by atoms with Gasteiger partial charge in [-0.05, 0) is 31.1 Å². The van der Waals surface area contributed by atoms with Crippen LogP contribution < -0.4 is 49.7 Å². The molecule has 0 heterocycles. The molecule has 4 N–H and O–H groups in total. The minimum absolute atomic E-state index is 0.310. The molecule has 1 fully saturated rings. The summed E-state index contributed by atoms with van der Waals surface area (Å²) in [7, 11) is 9.13. The lowest BCUT2D eigenvalue weighted by molar-refractivity contribution is 0.230. The average Bonchev–Trinajstić information content (AvgIpc) is 2.98. The minimum atomic E-state index is -0.320. The van der Waals surface area contributed by atoms with Gasteiger partial charge in [-0.1, -0.05) is 6.42 Å². The summed E-state index contributed by atoms with van der Waals surface area (Å²) >= 11 is 0. The second-order valence-electron chi connectivity index (χ2n) is 9.40. The Bertz CT molecular complexity index is 1020. The lowest BCUT2D eigenvalue weighted by Crippen LogP contribution is -2.38. The Hall–Kier alpha value is -4.22. The van der Waals surface area contributed by atoms with Gasteiger partial charge in [0, 0.05) is 37.4 Å². The summed E-state index contributed by atoms with van der Waals surface area (Å²) < 4.78 is 32.0. The predicted octanol–water partition coefficient (Wildman–Crippen LogP) is 4.49. The summed E-state index contributed by atoms with van der Waals surface area (Å²) in [5.41, 5.74) is 1.05. The highest BCUT2D eigenvalue weighted by atomic mass is 16.5. The third-order valence-corrected chi connectivity index (χ3v) is 6.84. The van der Waals surface area contributed by atoms with Gasteiger partial charge < -0.3 is 49.7 Å². The Morgan fingerprint density at radius 2 is 0.975 bits per heavy atom. The first-order chi connectivity index (χ1) is 19.3. The predicted molar refractivity (Wildman–Crippen MR) is 152 cm³/mol. The number of urea groups is 2. The fourth-order valence-corrected chi connectivity index (χ4v) is 4.90. The normalized spacial score (nSPS) is 16.2. The number of methoxy groups -OCH3 is 6. The maximum atomic E-state index is 12.6. The smallest absolute Gasteiger partial charge is 0.319 e. The Labute approximate surface area is 235 Å². The minimum Gasteiger partial charge on any atom is -0.493 e. The molecule has 0 aliphatic heterocycles. The summed E-state index contributed by atoms with van der Waals surface area (Å²) in [6, 6.07) is 6.05. The van der Waals surface area contributed by atoms with Crippen LogP contribution in [0.4, 0.5) is 21.0 Å². The van der Waals surface area contributed by atoms with Crippen LogP contribution in [-0.2, 0) is 0 Å². The second kappa shape index (κ2) is 14.8. The molecule has 3 rings (SSSR count). The van der Waals surface area contributed by atoms with E-state index in [9.17, 15) is 9.59 Å². The first-order valence-electron chi connectivity index (χ1n) is 13.0. The molecule has 12 nitrogen and oxygen atoms in total.